The van der Waals surface area contributed by atoms with Gasteiger partial charge in [0.05, 0.1) is 13.2 Å². The van der Waals surface area contributed by atoms with Crippen molar-refractivity contribution in [1.82, 2.24) is 15.1 Å². The van der Waals surface area contributed by atoms with Crippen molar-refractivity contribution in [2.75, 3.05) is 53.5 Å². The predicted octanol–water partition coefficient (Wildman–Crippen LogP) is 1.40. The summed E-state index contributed by atoms with van der Waals surface area (Å²) in [7, 11) is 4.23. The number of hydrogen-bond donors (Lipinski definition) is 1. The fourth-order valence-corrected chi connectivity index (χ4v) is 2.92. The maximum Gasteiger partial charge on any atom is 0.194 e. The summed E-state index contributed by atoms with van der Waals surface area (Å²) in [4.78, 5) is 9.54. The minimum Gasteiger partial charge on any atom is -0.381 e. The average Bonchev–Trinajstić information content (AvgIpc) is 3.05. The van der Waals surface area contributed by atoms with Gasteiger partial charge in [-0.05, 0) is 47.7 Å². The number of likely N-dealkylation sites (N-methyl/N-ethyl adjacent to an activating group) is 1. The second-order valence-corrected chi connectivity index (χ2v) is 7.35. The lowest BCUT2D eigenvalue weighted by molar-refractivity contribution is 0.156. The van der Waals surface area contributed by atoms with Crippen molar-refractivity contribution in [3.8, 4) is 0 Å². The number of likely N-dealkylation sites (tertiary alicyclic amines) is 1. The highest BCUT2D eigenvalue weighted by atomic mass is 16.5. The van der Waals surface area contributed by atoms with Crippen molar-refractivity contribution in [3.63, 3.8) is 0 Å². The van der Waals surface area contributed by atoms with E-state index in [0.717, 1.165) is 45.4 Å². The van der Waals surface area contributed by atoms with Crippen molar-refractivity contribution in [2.45, 2.75) is 39.2 Å². The minimum atomic E-state index is 0.0779. The number of hydrogen-bond acceptors (Lipinski definition) is 3. The van der Waals surface area contributed by atoms with Gasteiger partial charge in [0.1, 0.15) is 0 Å². The molecule has 2 aliphatic heterocycles. The Labute approximate surface area is 129 Å². The van der Waals surface area contributed by atoms with Gasteiger partial charge in [0.2, 0.25) is 0 Å². The zero-order chi connectivity index (χ0) is 15.5. The van der Waals surface area contributed by atoms with E-state index in [4.69, 9.17) is 9.73 Å². The number of rotatable bonds is 4. The summed E-state index contributed by atoms with van der Waals surface area (Å²) in [6, 6.07) is 0. The van der Waals surface area contributed by atoms with Crippen LogP contribution in [0.2, 0.25) is 0 Å². The molecule has 0 aromatic heterocycles. The van der Waals surface area contributed by atoms with E-state index in [1.54, 1.807) is 0 Å². The Bertz CT molecular complexity index is 372. The summed E-state index contributed by atoms with van der Waals surface area (Å²) < 4.78 is 5.62. The van der Waals surface area contributed by atoms with Crippen LogP contribution in [-0.4, -0.2) is 74.8 Å². The summed E-state index contributed by atoms with van der Waals surface area (Å²) in [5.74, 6) is 1.07. The van der Waals surface area contributed by atoms with Gasteiger partial charge in [-0.15, -0.1) is 0 Å². The Hall–Kier alpha value is -0.810. The molecule has 1 N–H and O–H groups in total. The van der Waals surface area contributed by atoms with Gasteiger partial charge in [-0.3, -0.25) is 4.99 Å². The van der Waals surface area contributed by atoms with E-state index in [1.165, 1.54) is 12.8 Å². The number of ether oxygens (including phenoxy) is 1. The smallest absolute Gasteiger partial charge is 0.194 e. The second kappa shape index (κ2) is 6.53. The molecule has 0 aromatic rings. The SMILES string of the molecule is CCNC(=NCC(C)(C)N(C)C)N1CCC2(CCOC2)C1. The molecule has 2 saturated heterocycles. The molecule has 2 heterocycles. The van der Waals surface area contributed by atoms with Gasteiger partial charge in [0.15, 0.2) is 5.96 Å². The first-order valence-electron chi connectivity index (χ1n) is 8.17. The Kier molecular flexibility index (Phi) is 5.15. The second-order valence-electron chi connectivity index (χ2n) is 7.35. The van der Waals surface area contributed by atoms with Crippen molar-refractivity contribution in [2.24, 2.45) is 10.4 Å². The molecule has 2 aliphatic rings. The molecule has 0 aromatic carbocycles. The number of aliphatic imine (C=N–C) groups is 1. The van der Waals surface area contributed by atoms with E-state index in [0.29, 0.717) is 5.41 Å². The number of guanidine groups is 1. The van der Waals surface area contributed by atoms with E-state index in [2.05, 4.69) is 50.0 Å². The highest BCUT2D eigenvalue weighted by Gasteiger charge is 2.42. The van der Waals surface area contributed by atoms with Crippen LogP contribution >= 0.6 is 0 Å². The van der Waals surface area contributed by atoms with E-state index < -0.39 is 0 Å². The van der Waals surface area contributed by atoms with Gasteiger partial charge in [-0.25, -0.2) is 0 Å². The minimum absolute atomic E-state index is 0.0779. The standard InChI is InChI=1S/C16H32N4O/c1-6-17-14(18-11-15(2,3)19(4)5)20-9-7-16(12-20)8-10-21-13-16/h6-13H2,1-5H3,(H,17,18). The van der Waals surface area contributed by atoms with Crippen molar-refractivity contribution < 1.29 is 4.74 Å². The normalized spacial score (nSPS) is 27.1. The molecule has 1 unspecified atom stereocenters. The third kappa shape index (κ3) is 3.89. The maximum atomic E-state index is 5.62. The van der Waals surface area contributed by atoms with Gasteiger partial charge in [-0.2, -0.15) is 0 Å². The molecule has 122 valence electrons. The zero-order valence-corrected chi connectivity index (χ0v) is 14.4. The Morgan fingerprint density at radius 1 is 1.38 bits per heavy atom. The lowest BCUT2D eigenvalue weighted by atomic mass is 9.87. The van der Waals surface area contributed by atoms with E-state index in [1.807, 2.05) is 0 Å². The molecule has 21 heavy (non-hydrogen) atoms. The first-order chi connectivity index (χ1) is 9.88. The number of nitrogens with one attached hydrogen (secondary N) is 1. The molecule has 0 saturated carbocycles. The van der Waals surface area contributed by atoms with Crippen LogP contribution < -0.4 is 5.32 Å². The molecular weight excluding hydrogens is 264 g/mol. The van der Waals surface area contributed by atoms with Gasteiger partial charge < -0.3 is 19.9 Å². The summed E-state index contributed by atoms with van der Waals surface area (Å²) in [5.41, 5.74) is 0.460. The van der Waals surface area contributed by atoms with Crippen LogP contribution in [-0.2, 0) is 4.74 Å². The van der Waals surface area contributed by atoms with Gasteiger partial charge in [0.25, 0.3) is 0 Å². The highest BCUT2D eigenvalue weighted by Crippen LogP contribution is 2.38. The third-order valence-corrected chi connectivity index (χ3v) is 5.08. The largest absolute Gasteiger partial charge is 0.381 e. The van der Waals surface area contributed by atoms with Crippen LogP contribution in [0.5, 0.6) is 0 Å². The predicted molar refractivity (Wildman–Crippen MR) is 87.8 cm³/mol. The van der Waals surface area contributed by atoms with Crippen LogP contribution in [0.4, 0.5) is 0 Å². The van der Waals surface area contributed by atoms with Crippen molar-refractivity contribution >= 4 is 5.96 Å². The van der Waals surface area contributed by atoms with Crippen LogP contribution in [0.1, 0.15) is 33.6 Å². The molecule has 5 nitrogen and oxygen atoms in total. The molecule has 0 bridgehead atoms. The van der Waals surface area contributed by atoms with E-state index in [9.17, 15) is 0 Å². The first kappa shape index (κ1) is 16.6. The lowest BCUT2D eigenvalue weighted by Gasteiger charge is -2.32. The summed E-state index contributed by atoms with van der Waals surface area (Å²) in [6.45, 7) is 12.4. The average molecular weight is 296 g/mol. The molecule has 1 atom stereocenters. The third-order valence-electron chi connectivity index (χ3n) is 5.08. The molecular formula is C16H32N4O. The van der Waals surface area contributed by atoms with Gasteiger partial charge >= 0.3 is 0 Å². The van der Waals surface area contributed by atoms with Crippen molar-refractivity contribution in [1.29, 1.82) is 0 Å². The van der Waals surface area contributed by atoms with Gasteiger partial charge in [-0.1, -0.05) is 0 Å². The van der Waals surface area contributed by atoms with Crippen LogP contribution in [0.15, 0.2) is 4.99 Å². The molecule has 5 heteroatoms. The molecule has 1 spiro atoms. The molecule has 2 rings (SSSR count). The topological polar surface area (TPSA) is 40.1 Å². The van der Waals surface area contributed by atoms with E-state index >= 15 is 0 Å². The monoisotopic (exact) mass is 296 g/mol. The molecule has 0 amide bonds. The fourth-order valence-electron chi connectivity index (χ4n) is 2.92. The zero-order valence-electron chi connectivity index (χ0n) is 14.4. The quantitative estimate of drug-likeness (QED) is 0.629. The van der Waals surface area contributed by atoms with Crippen molar-refractivity contribution in [3.05, 3.63) is 0 Å². The maximum absolute atomic E-state index is 5.62. The van der Waals surface area contributed by atoms with Crippen LogP contribution in [0.25, 0.3) is 0 Å². The van der Waals surface area contributed by atoms with Crippen LogP contribution in [0, 0.1) is 5.41 Å². The summed E-state index contributed by atoms with van der Waals surface area (Å²) >= 11 is 0. The number of nitrogens with zero attached hydrogens (tertiary/aromatic N) is 3. The van der Waals surface area contributed by atoms with Gasteiger partial charge in [0, 0.05) is 37.2 Å². The molecule has 0 radical (unpaired) electrons. The fraction of sp³-hybridized carbons (Fsp3) is 0.938. The first-order valence-corrected chi connectivity index (χ1v) is 8.17. The Morgan fingerprint density at radius 3 is 2.71 bits per heavy atom. The molecule has 2 fully saturated rings. The lowest BCUT2D eigenvalue weighted by Crippen LogP contribution is -2.45. The molecule has 0 aliphatic carbocycles. The summed E-state index contributed by atoms with van der Waals surface area (Å²) in [6.07, 6.45) is 2.43. The van der Waals surface area contributed by atoms with Crippen LogP contribution in [0.3, 0.4) is 0 Å². The highest BCUT2D eigenvalue weighted by molar-refractivity contribution is 5.80. The Balaban J connectivity index is 2.02. The summed E-state index contributed by atoms with van der Waals surface area (Å²) in [5, 5.41) is 3.46. The van der Waals surface area contributed by atoms with E-state index in [-0.39, 0.29) is 5.54 Å². The Morgan fingerprint density at radius 2 is 2.14 bits per heavy atom.